The van der Waals surface area contributed by atoms with E-state index in [2.05, 4.69) is 5.32 Å². The van der Waals surface area contributed by atoms with E-state index in [1.165, 1.54) is 0 Å². The van der Waals surface area contributed by atoms with Gasteiger partial charge in [-0.1, -0.05) is 0 Å². The minimum Gasteiger partial charge on any atom is -0.380 e. The first kappa shape index (κ1) is 12.0. The van der Waals surface area contributed by atoms with E-state index in [0.717, 1.165) is 18.6 Å². The lowest BCUT2D eigenvalue weighted by molar-refractivity contribution is 0.189. The summed E-state index contributed by atoms with van der Waals surface area (Å²) in [4.78, 5) is 0. The van der Waals surface area contributed by atoms with Crippen molar-refractivity contribution in [3.05, 3.63) is 34.9 Å². The molecule has 17 heavy (non-hydrogen) atoms. The van der Waals surface area contributed by atoms with Crippen LogP contribution < -0.4 is 5.32 Å². The monoisotopic (exact) mass is 238 g/mol. The number of nitrogens with one attached hydrogen (secondary N) is 1. The standard InChI is InChI=1S/C12H12F2N2O/c13-11-3-8(5-15)4-12(14)10(11)6-16-9-1-2-17-7-9/h3-4,9,16H,1-2,6-7H2. The van der Waals surface area contributed by atoms with Crippen LogP contribution in [0.2, 0.25) is 0 Å². The molecule has 1 aliphatic heterocycles. The summed E-state index contributed by atoms with van der Waals surface area (Å²) in [6.07, 6.45) is 0.847. The van der Waals surface area contributed by atoms with Gasteiger partial charge in [0.2, 0.25) is 0 Å². The van der Waals surface area contributed by atoms with E-state index in [1.54, 1.807) is 6.07 Å². The van der Waals surface area contributed by atoms with Crippen LogP contribution >= 0.6 is 0 Å². The van der Waals surface area contributed by atoms with Crippen LogP contribution in [0, 0.1) is 23.0 Å². The quantitative estimate of drug-likeness (QED) is 0.872. The van der Waals surface area contributed by atoms with Gasteiger partial charge >= 0.3 is 0 Å². The maximum absolute atomic E-state index is 13.5. The van der Waals surface area contributed by atoms with E-state index in [4.69, 9.17) is 10.00 Å². The summed E-state index contributed by atoms with van der Waals surface area (Å²) in [5.41, 5.74) is -0.0381. The van der Waals surface area contributed by atoms with Crippen molar-refractivity contribution in [1.82, 2.24) is 5.32 Å². The van der Waals surface area contributed by atoms with Crippen LogP contribution in [-0.2, 0) is 11.3 Å². The number of hydrogen-bond acceptors (Lipinski definition) is 3. The zero-order chi connectivity index (χ0) is 12.3. The molecule has 0 bridgehead atoms. The fraction of sp³-hybridized carbons (Fsp3) is 0.417. The zero-order valence-corrected chi connectivity index (χ0v) is 9.17. The van der Waals surface area contributed by atoms with E-state index >= 15 is 0 Å². The largest absolute Gasteiger partial charge is 0.380 e. The number of benzene rings is 1. The van der Waals surface area contributed by atoms with Gasteiger partial charge in [-0.15, -0.1) is 0 Å². The molecule has 0 aromatic heterocycles. The number of ether oxygens (including phenoxy) is 1. The molecule has 1 atom stereocenters. The highest BCUT2D eigenvalue weighted by Crippen LogP contribution is 2.15. The smallest absolute Gasteiger partial charge is 0.131 e. The molecule has 0 radical (unpaired) electrons. The molecule has 1 aromatic carbocycles. The first-order valence-electron chi connectivity index (χ1n) is 5.40. The lowest BCUT2D eigenvalue weighted by Gasteiger charge is -2.11. The van der Waals surface area contributed by atoms with Crippen LogP contribution in [0.1, 0.15) is 17.5 Å². The Balaban J connectivity index is 2.07. The van der Waals surface area contributed by atoms with Crippen LogP contribution in [0.4, 0.5) is 8.78 Å². The summed E-state index contributed by atoms with van der Waals surface area (Å²) in [6.45, 7) is 1.35. The van der Waals surface area contributed by atoms with Crippen molar-refractivity contribution in [2.75, 3.05) is 13.2 Å². The second-order valence-corrected chi connectivity index (χ2v) is 3.97. The fourth-order valence-electron chi connectivity index (χ4n) is 1.78. The summed E-state index contributed by atoms with van der Waals surface area (Å²) < 4.78 is 32.2. The van der Waals surface area contributed by atoms with Crippen molar-refractivity contribution in [3.63, 3.8) is 0 Å². The van der Waals surface area contributed by atoms with Gasteiger partial charge in [-0.3, -0.25) is 0 Å². The van der Waals surface area contributed by atoms with Crippen LogP contribution in [0.3, 0.4) is 0 Å². The molecular formula is C12H12F2N2O. The molecule has 1 aliphatic rings. The van der Waals surface area contributed by atoms with Crippen molar-refractivity contribution >= 4 is 0 Å². The van der Waals surface area contributed by atoms with Gasteiger partial charge in [0.05, 0.1) is 18.2 Å². The van der Waals surface area contributed by atoms with Gasteiger partial charge in [0.25, 0.3) is 0 Å². The predicted molar refractivity (Wildman–Crippen MR) is 57.1 cm³/mol. The molecule has 0 saturated carbocycles. The molecule has 0 spiro atoms. The molecular weight excluding hydrogens is 226 g/mol. The first-order chi connectivity index (χ1) is 8.20. The van der Waals surface area contributed by atoms with Crippen molar-refractivity contribution < 1.29 is 13.5 Å². The van der Waals surface area contributed by atoms with Gasteiger partial charge in [0.15, 0.2) is 0 Å². The number of nitriles is 1. The molecule has 0 amide bonds. The normalized spacial score (nSPS) is 19.2. The molecule has 3 nitrogen and oxygen atoms in total. The Bertz CT molecular complexity index is 427. The van der Waals surface area contributed by atoms with E-state index < -0.39 is 11.6 Å². The molecule has 0 aliphatic carbocycles. The maximum atomic E-state index is 13.5. The van der Waals surface area contributed by atoms with E-state index in [0.29, 0.717) is 13.2 Å². The summed E-state index contributed by atoms with van der Waals surface area (Å²) in [5, 5.41) is 11.6. The fourth-order valence-corrected chi connectivity index (χ4v) is 1.78. The van der Waals surface area contributed by atoms with E-state index in [9.17, 15) is 8.78 Å². The van der Waals surface area contributed by atoms with Crippen LogP contribution in [-0.4, -0.2) is 19.3 Å². The first-order valence-corrected chi connectivity index (χ1v) is 5.40. The molecule has 1 unspecified atom stereocenters. The number of rotatable bonds is 3. The lowest BCUT2D eigenvalue weighted by atomic mass is 10.1. The Kier molecular flexibility index (Phi) is 3.67. The van der Waals surface area contributed by atoms with Gasteiger partial charge in [-0.25, -0.2) is 8.78 Å². The Labute approximate surface area is 98.0 Å². The summed E-state index contributed by atoms with van der Waals surface area (Å²) in [7, 11) is 0. The Morgan fingerprint density at radius 2 is 2.12 bits per heavy atom. The van der Waals surface area contributed by atoms with E-state index in [-0.39, 0.29) is 23.7 Å². The third-order valence-corrected chi connectivity index (χ3v) is 2.77. The maximum Gasteiger partial charge on any atom is 0.131 e. The predicted octanol–water partition coefficient (Wildman–Crippen LogP) is 1.71. The van der Waals surface area contributed by atoms with Crippen LogP contribution in [0.25, 0.3) is 0 Å². The average molecular weight is 238 g/mol. The summed E-state index contributed by atoms with van der Waals surface area (Å²) in [6, 6.07) is 3.95. The second kappa shape index (κ2) is 5.21. The third-order valence-electron chi connectivity index (χ3n) is 2.77. The minimum absolute atomic E-state index is 0.00653. The highest BCUT2D eigenvalue weighted by Gasteiger charge is 2.17. The third kappa shape index (κ3) is 2.78. The number of hydrogen-bond donors (Lipinski definition) is 1. The minimum atomic E-state index is -0.687. The van der Waals surface area contributed by atoms with Gasteiger partial charge in [0.1, 0.15) is 11.6 Å². The Morgan fingerprint density at radius 1 is 1.41 bits per heavy atom. The van der Waals surface area contributed by atoms with Crippen LogP contribution in [0.5, 0.6) is 0 Å². The molecule has 90 valence electrons. The molecule has 1 aromatic rings. The topological polar surface area (TPSA) is 45.0 Å². The molecule has 1 saturated heterocycles. The van der Waals surface area contributed by atoms with Crippen molar-refractivity contribution in [2.45, 2.75) is 19.0 Å². The van der Waals surface area contributed by atoms with E-state index in [1.807, 2.05) is 0 Å². The highest BCUT2D eigenvalue weighted by atomic mass is 19.1. The van der Waals surface area contributed by atoms with Crippen molar-refractivity contribution in [2.24, 2.45) is 0 Å². The molecule has 5 heteroatoms. The van der Waals surface area contributed by atoms with Gasteiger partial charge < -0.3 is 10.1 Å². The van der Waals surface area contributed by atoms with Gasteiger partial charge in [-0.05, 0) is 18.6 Å². The second-order valence-electron chi connectivity index (χ2n) is 3.97. The zero-order valence-electron chi connectivity index (χ0n) is 9.17. The molecule has 1 heterocycles. The SMILES string of the molecule is N#Cc1cc(F)c(CNC2CCOC2)c(F)c1. The molecule has 1 fully saturated rings. The molecule has 2 rings (SSSR count). The van der Waals surface area contributed by atoms with Gasteiger partial charge in [-0.2, -0.15) is 5.26 Å². The number of nitrogens with zero attached hydrogens (tertiary/aromatic N) is 1. The van der Waals surface area contributed by atoms with Crippen molar-refractivity contribution in [3.8, 4) is 6.07 Å². The highest BCUT2D eigenvalue weighted by molar-refractivity contribution is 5.34. The summed E-state index contributed by atoms with van der Waals surface area (Å²) >= 11 is 0. The lowest BCUT2D eigenvalue weighted by Crippen LogP contribution is -2.29. The Morgan fingerprint density at radius 3 is 2.65 bits per heavy atom. The summed E-state index contributed by atoms with van der Waals surface area (Å²) in [5.74, 6) is -1.37. The number of halogens is 2. The van der Waals surface area contributed by atoms with Gasteiger partial charge in [0, 0.05) is 24.8 Å². The average Bonchev–Trinajstić information content (AvgIpc) is 2.80. The van der Waals surface area contributed by atoms with Crippen LogP contribution in [0.15, 0.2) is 12.1 Å². The van der Waals surface area contributed by atoms with Crippen molar-refractivity contribution in [1.29, 1.82) is 5.26 Å². The molecule has 1 N–H and O–H groups in total. The Hall–Kier alpha value is -1.51.